The van der Waals surface area contributed by atoms with E-state index in [1.165, 1.54) is 0 Å². The quantitative estimate of drug-likeness (QED) is 0.534. The van der Waals surface area contributed by atoms with E-state index in [1.54, 1.807) is 24.3 Å². The highest BCUT2D eigenvalue weighted by Crippen LogP contribution is 2.34. The summed E-state index contributed by atoms with van der Waals surface area (Å²) in [5, 5.41) is 13.6. The number of hydrogen-bond acceptors (Lipinski definition) is 2. The maximum absolute atomic E-state index is 12.6. The fourth-order valence-corrected chi connectivity index (χ4v) is 3.45. The Kier molecular flexibility index (Phi) is 6.04. The van der Waals surface area contributed by atoms with Crippen LogP contribution in [0.5, 0.6) is 0 Å². The van der Waals surface area contributed by atoms with Gasteiger partial charge in [0.05, 0.1) is 12.0 Å². The summed E-state index contributed by atoms with van der Waals surface area (Å²) in [7, 11) is 0. The molecule has 0 aromatic heterocycles. The molecule has 140 valence electrons. The van der Waals surface area contributed by atoms with Crippen molar-refractivity contribution in [1.29, 1.82) is 5.26 Å². The minimum absolute atomic E-state index is 0.195. The normalized spacial score (nSPS) is 11.5. The summed E-state index contributed by atoms with van der Waals surface area (Å²) in [5.41, 5.74) is 4.46. The Morgan fingerprint density at radius 3 is 2.32 bits per heavy atom. The van der Waals surface area contributed by atoms with Gasteiger partial charge in [0, 0.05) is 21.3 Å². The van der Waals surface area contributed by atoms with Crippen molar-refractivity contribution >= 4 is 34.8 Å². The third kappa shape index (κ3) is 4.20. The molecule has 0 saturated carbocycles. The molecular weight excluding hydrogens is 391 g/mol. The number of amides is 1. The number of nitrogens with one attached hydrogen (secondary N) is 1. The lowest BCUT2D eigenvalue weighted by Crippen LogP contribution is -2.14. The summed E-state index contributed by atoms with van der Waals surface area (Å²) in [5.74, 6) is -0.718. The third-order valence-corrected chi connectivity index (χ3v) is 5.20. The molecule has 1 amide bonds. The van der Waals surface area contributed by atoms with Gasteiger partial charge in [-0.05, 0) is 60.4 Å². The van der Waals surface area contributed by atoms with Crippen molar-refractivity contribution in [3.63, 3.8) is 0 Å². The van der Waals surface area contributed by atoms with E-state index in [4.69, 9.17) is 23.2 Å². The molecule has 3 aromatic carbocycles. The van der Waals surface area contributed by atoms with E-state index in [-0.39, 0.29) is 5.91 Å². The first-order valence-electron chi connectivity index (χ1n) is 8.73. The number of aryl methyl sites for hydroxylation is 2. The minimum atomic E-state index is -0.524. The van der Waals surface area contributed by atoms with Crippen LogP contribution in [-0.4, -0.2) is 5.91 Å². The molecule has 0 heterocycles. The zero-order valence-corrected chi connectivity index (χ0v) is 17.0. The van der Waals surface area contributed by atoms with Crippen LogP contribution in [0.3, 0.4) is 0 Å². The lowest BCUT2D eigenvalue weighted by molar-refractivity contribution is 0.102. The highest BCUT2D eigenvalue weighted by Gasteiger charge is 2.19. The lowest BCUT2D eigenvalue weighted by Gasteiger charge is -2.16. The van der Waals surface area contributed by atoms with Crippen LogP contribution in [0.4, 0.5) is 5.69 Å². The molecule has 1 N–H and O–H groups in total. The zero-order valence-electron chi connectivity index (χ0n) is 15.5. The number of rotatable bonds is 4. The average molecular weight is 409 g/mol. The van der Waals surface area contributed by atoms with Crippen molar-refractivity contribution in [2.24, 2.45) is 0 Å². The van der Waals surface area contributed by atoms with Gasteiger partial charge in [0.25, 0.3) is 5.91 Å². The van der Waals surface area contributed by atoms with Crippen molar-refractivity contribution in [2.45, 2.75) is 19.8 Å². The molecule has 0 radical (unpaired) electrons. The molecule has 5 heteroatoms. The molecule has 28 heavy (non-hydrogen) atoms. The second-order valence-electron chi connectivity index (χ2n) is 6.57. The number of carbonyl (C=O) groups excluding carboxylic acids is 1. The molecule has 0 fully saturated rings. The summed E-state index contributed by atoms with van der Waals surface area (Å²) in [6.45, 7) is 3.77. The molecule has 0 spiro atoms. The van der Waals surface area contributed by atoms with E-state index >= 15 is 0 Å². The predicted molar refractivity (Wildman–Crippen MR) is 114 cm³/mol. The molecule has 1 atom stereocenters. The Labute approximate surface area is 174 Å². The van der Waals surface area contributed by atoms with Crippen molar-refractivity contribution in [2.75, 3.05) is 5.32 Å². The topological polar surface area (TPSA) is 52.9 Å². The van der Waals surface area contributed by atoms with Crippen LogP contribution in [0.25, 0.3) is 0 Å². The SMILES string of the molecule is Cc1cc(C(C#N)c2ccc(Cl)cc2)c(Cl)cc1NC(=O)c1ccccc1C. The first kappa shape index (κ1) is 19.9. The molecule has 3 rings (SSSR count). The van der Waals surface area contributed by atoms with E-state index in [0.717, 1.165) is 16.7 Å². The Hall–Kier alpha value is -2.80. The van der Waals surface area contributed by atoms with Gasteiger partial charge in [0.1, 0.15) is 0 Å². The maximum atomic E-state index is 12.6. The third-order valence-electron chi connectivity index (χ3n) is 4.63. The van der Waals surface area contributed by atoms with E-state index in [9.17, 15) is 10.1 Å². The van der Waals surface area contributed by atoms with Crippen LogP contribution in [0.15, 0.2) is 60.7 Å². The Morgan fingerprint density at radius 2 is 1.68 bits per heavy atom. The molecule has 0 bridgehead atoms. The summed E-state index contributed by atoms with van der Waals surface area (Å²) >= 11 is 12.4. The van der Waals surface area contributed by atoms with E-state index < -0.39 is 5.92 Å². The average Bonchev–Trinajstić information content (AvgIpc) is 2.67. The van der Waals surface area contributed by atoms with E-state index in [0.29, 0.717) is 26.9 Å². The van der Waals surface area contributed by atoms with Gasteiger partial charge < -0.3 is 5.32 Å². The van der Waals surface area contributed by atoms with Crippen molar-refractivity contribution < 1.29 is 4.79 Å². The van der Waals surface area contributed by atoms with Crippen LogP contribution < -0.4 is 5.32 Å². The molecule has 0 aliphatic rings. The van der Waals surface area contributed by atoms with Gasteiger partial charge >= 0.3 is 0 Å². The molecule has 0 aliphatic heterocycles. The Morgan fingerprint density at radius 1 is 1.00 bits per heavy atom. The molecule has 0 saturated heterocycles. The van der Waals surface area contributed by atoms with E-state index in [1.807, 2.05) is 50.2 Å². The molecular formula is C23H18Cl2N2O. The number of carbonyl (C=O) groups is 1. The maximum Gasteiger partial charge on any atom is 0.255 e. The number of benzene rings is 3. The molecule has 0 aliphatic carbocycles. The van der Waals surface area contributed by atoms with Gasteiger partial charge in [0.2, 0.25) is 0 Å². The van der Waals surface area contributed by atoms with Crippen molar-refractivity contribution in [1.82, 2.24) is 0 Å². The van der Waals surface area contributed by atoms with Crippen molar-refractivity contribution in [3.05, 3.63) is 98.5 Å². The van der Waals surface area contributed by atoms with Crippen LogP contribution in [-0.2, 0) is 0 Å². The first-order valence-corrected chi connectivity index (χ1v) is 9.48. The Bertz CT molecular complexity index is 1070. The molecule has 1 unspecified atom stereocenters. The smallest absolute Gasteiger partial charge is 0.255 e. The second kappa shape index (κ2) is 8.48. The summed E-state index contributed by atoms with van der Waals surface area (Å²) in [6, 6.07) is 20.4. The van der Waals surface area contributed by atoms with Crippen LogP contribution >= 0.6 is 23.2 Å². The second-order valence-corrected chi connectivity index (χ2v) is 7.41. The van der Waals surface area contributed by atoms with Crippen LogP contribution in [0.1, 0.15) is 38.5 Å². The van der Waals surface area contributed by atoms with Gasteiger partial charge in [-0.2, -0.15) is 5.26 Å². The Balaban J connectivity index is 1.92. The standard InChI is InChI=1S/C23H18Cl2N2O/c1-14-5-3-4-6-18(14)23(28)27-22-12-21(25)19(11-15(22)2)20(13-26)16-7-9-17(24)10-8-16/h3-12,20H,1-2H3,(H,27,28). The highest BCUT2D eigenvalue weighted by molar-refractivity contribution is 6.32. The predicted octanol–water partition coefficient (Wildman–Crippen LogP) is 6.52. The molecule has 3 nitrogen and oxygen atoms in total. The minimum Gasteiger partial charge on any atom is -0.322 e. The summed E-state index contributed by atoms with van der Waals surface area (Å²) in [6.07, 6.45) is 0. The van der Waals surface area contributed by atoms with Crippen LogP contribution in [0.2, 0.25) is 10.0 Å². The number of anilines is 1. The van der Waals surface area contributed by atoms with Gasteiger partial charge in [-0.3, -0.25) is 4.79 Å². The van der Waals surface area contributed by atoms with Gasteiger partial charge in [-0.25, -0.2) is 0 Å². The fourth-order valence-electron chi connectivity index (χ4n) is 3.06. The number of hydrogen-bond donors (Lipinski definition) is 1. The monoisotopic (exact) mass is 408 g/mol. The van der Waals surface area contributed by atoms with Gasteiger partial charge in [-0.1, -0.05) is 59.6 Å². The van der Waals surface area contributed by atoms with Gasteiger partial charge in [-0.15, -0.1) is 0 Å². The molecule has 3 aromatic rings. The van der Waals surface area contributed by atoms with Gasteiger partial charge in [0.15, 0.2) is 0 Å². The number of nitriles is 1. The lowest BCUT2D eigenvalue weighted by atomic mass is 9.91. The van der Waals surface area contributed by atoms with Crippen molar-refractivity contribution in [3.8, 4) is 6.07 Å². The zero-order chi connectivity index (χ0) is 20.3. The van der Waals surface area contributed by atoms with Crippen LogP contribution in [0, 0.1) is 25.2 Å². The number of halogens is 2. The first-order chi connectivity index (χ1) is 13.4. The number of nitrogens with zero attached hydrogens (tertiary/aromatic N) is 1. The largest absolute Gasteiger partial charge is 0.322 e. The summed E-state index contributed by atoms with van der Waals surface area (Å²) < 4.78 is 0. The fraction of sp³-hybridized carbons (Fsp3) is 0.130. The summed E-state index contributed by atoms with van der Waals surface area (Å²) in [4.78, 5) is 12.6. The highest BCUT2D eigenvalue weighted by atomic mass is 35.5. The van der Waals surface area contributed by atoms with E-state index in [2.05, 4.69) is 11.4 Å².